The molecule has 5 atom stereocenters. The highest BCUT2D eigenvalue weighted by Crippen LogP contribution is 2.47. The highest BCUT2D eigenvalue weighted by Gasteiger charge is 2.45. The molecule has 3 aromatic rings. The topological polar surface area (TPSA) is 107 Å². The van der Waals surface area contributed by atoms with Crippen molar-refractivity contribution >= 4 is 28.8 Å². The van der Waals surface area contributed by atoms with Gasteiger partial charge in [-0.1, -0.05) is 36.4 Å². The average molecular weight is 520 g/mol. The van der Waals surface area contributed by atoms with Crippen LogP contribution in [-0.4, -0.2) is 51.2 Å². The number of hydrogen-bond acceptors (Lipinski definition) is 4. The molecule has 2 heterocycles. The van der Waals surface area contributed by atoms with Crippen LogP contribution in [0.1, 0.15) is 69.3 Å². The van der Waals surface area contributed by atoms with Crippen LogP contribution in [0.15, 0.2) is 48.5 Å². The van der Waals surface area contributed by atoms with Gasteiger partial charge in [-0.3, -0.25) is 14.4 Å². The second-order valence-electron chi connectivity index (χ2n) is 10.5. The number of benzene rings is 2. The van der Waals surface area contributed by atoms with Crippen molar-refractivity contribution in [2.75, 3.05) is 6.54 Å². The Hall–Kier alpha value is -3.75. The molecule has 5 rings (SSSR count). The van der Waals surface area contributed by atoms with Gasteiger partial charge in [-0.2, -0.15) is 0 Å². The number of likely N-dealkylation sites (tertiary alicyclic amines) is 1. The molecule has 2 aliphatic rings. The van der Waals surface area contributed by atoms with Crippen molar-refractivity contribution in [1.82, 2.24) is 25.5 Å². The maximum atomic E-state index is 14.1. The quantitative estimate of drug-likeness (QED) is 0.419. The van der Waals surface area contributed by atoms with Crippen LogP contribution in [0.25, 0.3) is 11.0 Å². The highest BCUT2D eigenvalue weighted by molar-refractivity contribution is 5.93. The minimum Gasteiger partial charge on any atom is -0.345 e. The number of aromatic nitrogens is 2. The minimum absolute atomic E-state index is 0.103. The Bertz CT molecular complexity index is 1330. The molecule has 3 amide bonds. The van der Waals surface area contributed by atoms with Gasteiger partial charge in [-0.25, -0.2) is 9.37 Å². The number of hydrogen-bond donors (Lipinski definition) is 3. The summed E-state index contributed by atoms with van der Waals surface area (Å²) in [5, 5.41) is 5.73. The lowest BCUT2D eigenvalue weighted by Gasteiger charge is -2.34. The number of fused-ring (bicyclic) bond motifs is 1. The summed E-state index contributed by atoms with van der Waals surface area (Å²) in [5.74, 6) is -1.02. The van der Waals surface area contributed by atoms with Crippen LogP contribution in [0.2, 0.25) is 0 Å². The molecule has 0 bridgehead atoms. The number of H-pyrrole nitrogens is 1. The van der Waals surface area contributed by atoms with Crippen LogP contribution in [0.3, 0.4) is 0 Å². The number of imidazole rings is 1. The van der Waals surface area contributed by atoms with E-state index in [9.17, 15) is 18.8 Å². The lowest BCUT2D eigenvalue weighted by atomic mass is 10.0. The van der Waals surface area contributed by atoms with Gasteiger partial charge < -0.3 is 20.5 Å². The number of nitrogens with zero attached hydrogens (tertiary/aromatic N) is 2. The molecule has 2 fully saturated rings. The molecular weight excluding hydrogens is 485 g/mol. The van der Waals surface area contributed by atoms with E-state index in [2.05, 4.69) is 20.6 Å². The van der Waals surface area contributed by atoms with Crippen LogP contribution in [0.4, 0.5) is 4.39 Å². The van der Waals surface area contributed by atoms with Crippen molar-refractivity contribution in [3.05, 3.63) is 65.7 Å². The Morgan fingerprint density at radius 2 is 1.89 bits per heavy atom. The fourth-order valence-electron chi connectivity index (χ4n) is 5.41. The summed E-state index contributed by atoms with van der Waals surface area (Å²) in [5.41, 5.74) is 1.82. The molecule has 2 aromatic carbocycles. The smallest absolute Gasteiger partial charge is 0.243 e. The van der Waals surface area contributed by atoms with E-state index in [1.54, 1.807) is 19.1 Å². The zero-order chi connectivity index (χ0) is 26.8. The van der Waals surface area contributed by atoms with Gasteiger partial charge in [0.2, 0.25) is 17.7 Å². The molecule has 0 radical (unpaired) electrons. The normalized spacial score (nSPS) is 22.5. The summed E-state index contributed by atoms with van der Waals surface area (Å²) in [7, 11) is 0. The largest absolute Gasteiger partial charge is 0.345 e. The Morgan fingerprint density at radius 3 is 2.63 bits per heavy atom. The SMILES string of the molecule is C[C@H](NC(=O)[C@H](CC(=O)N1CCCC[C@@H]1C)NC(=O)[C@H]1C[C@@H]1c1ccccc1)c1nc2c(F)cccc2[nH]1. The molecule has 8 nitrogen and oxygen atoms in total. The third-order valence-electron chi connectivity index (χ3n) is 7.74. The first kappa shape index (κ1) is 25.9. The van der Waals surface area contributed by atoms with Gasteiger partial charge in [0.05, 0.1) is 18.0 Å². The van der Waals surface area contributed by atoms with Gasteiger partial charge in [0.15, 0.2) is 5.82 Å². The lowest BCUT2D eigenvalue weighted by molar-refractivity contribution is -0.138. The molecule has 9 heteroatoms. The Labute approximate surface area is 221 Å². The Morgan fingerprint density at radius 1 is 1.11 bits per heavy atom. The van der Waals surface area contributed by atoms with Gasteiger partial charge in [0.25, 0.3) is 0 Å². The minimum atomic E-state index is -1.02. The summed E-state index contributed by atoms with van der Waals surface area (Å²) >= 11 is 0. The van der Waals surface area contributed by atoms with Crippen LogP contribution in [0, 0.1) is 11.7 Å². The molecule has 1 saturated carbocycles. The maximum Gasteiger partial charge on any atom is 0.243 e. The Kier molecular flexibility index (Phi) is 7.44. The first-order valence-electron chi connectivity index (χ1n) is 13.4. The van der Waals surface area contributed by atoms with E-state index in [0.29, 0.717) is 24.3 Å². The Balaban J connectivity index is 1.29. The van der Waals surface area contributed by atoms with Gasteiger partial charge in [-0.05, 0) is 63.1 Å². The summed E-state index contributed by atoms with van der Waals surface area (Å²) in [6.07, 6.45) is 3.52. The molecule has 1 aliphatic heterocycles. The lowest BCUT2D eigenvalue weighted by Crippen LogP contribution is -2.52. The predicted octanol–water partition coefficient (Wildman–Crippen LogP) is 3.96. The molecule has 3 N–H and O–H groups in total. The van der Waals surface area contributed by atoms with E-state index in [1.165, 1.54) is 6.07 Å². The van der Waals surface area contributed by atoms with E-state index in [0.717, 1.165) is 24.8 Å². The van der Waals surface area contributed by atoms with E-state index in [1.807, 2.05) is 42.2 Å². The fourth-order valence-corrected chi connectivity index (χ4v) is 5.41. The van der Waals surface area contributed by atoms with Gasteiger partial charge >= 0.3 is 0 Å². The highest BCUT2D eigenvalue weighted by atomic mass is 19.1. The maximum absolute atomic E-state index is 14.1. The van der Waals surface area contributed by atoms with Gasteiger partial charge in [0.1, 0.15) is 17.4 Å². The van der Waals surface area contributed by atoms with Crippen LogP contribution in [-0.2, 0) is 14.4 Å². The molecule has 200 valence electrons. The van der Waals surface area contributed by atoms with E-state index in [4.69, 9.17) is 0 Å². The summed E-state index contributed by atoms with van der Waals surface area (Å²) in [6, 6.07) is 13.0. The third-order valence-corrected chi connectivity index (χ3v) is 7.74. The molecule has 0 spiro atoms. The molecule has 0 unspecified atom stereocenters. The van der Waals surface area contributed by atoms with Crippen LogP contribution in [0.5, 0.6) is 0 Å². The predicted molar refractivity (Wildman–Crippen MR) is 141 cm³/mol. The molecule has 38 heavy (non-hydrogen) atoms. The second-order valence-corrected chi connectivity index (χ2v) is 10.5. The third kappa shape index (κ3) is 5.56. The van der Waals surface area contributed by atoms with E-state index in [-0.39, 0.29) is 41.6 Å². The number of amides is 3. The van der Waals surface area contributed by atoms with Crippen molar-refractivity contribution in [3.8, 4) is 0 Å². The van der Waals surface area contributed by atoms with Gasteiger partial charge in [-0.15, -0.1) is 0 Å². The summed E-state index contributed by atoms with van der Waals surface area (Å²) < 4.78 is 14.1. The van der Waals surface area contributed by atoms with Crippen molar-refractivity contribution in [1.29, 1.82) is 0 Å². The first-order valence-corrected chi connectivity index (χ1v) is 13.4. The number of carbonyl (C=O) groups is 3. The zero-order valence-electron chi connectivity index (χ0n) is 21.7. The summed E-state index contributed by atoms with van der Waals surface area (Å²) in [6.45, 7) is 4.40. The first-order chi connectivity index (χ1) is 18.3. The number of para-hydroxylation sites is 1. The van der Waals surface area contributed by atoms with Crippen molar-refractivity contribution in [2.24, 2.45) is 5.92 Å². The zero-order valence-corrected chi connectivity index (χ0v) is 21.7. The van der Waals surface area contributed by atoms with Crippen molar-refractivity contribution in [3.63, 3.8) is 0 Å². The van der Waals surface area contributed by atoms with Crippen LogP contribution >= 0.6 is 0 Å². The van der Waals surface area contributed by atoms with Crippen molar-refractivity contribution in [2.45, 2.75) is 70.0 Å². The monoisotopic (exact) mass is 519 g/mol. The average Bonchev–Trinajstić information content (AvgIpc) is 3.59. The summed E-state index contributed by atoms with van der Waals surface area (Å²) in [4.78, 5) is 49.0. The standard InChI is InChI=1S/C29H34FN5O3/c1-17-9-6-7-14-35(17)25(36)16-24(33-28(37)21-15-20(21)19-10-4-3-5-11-19)29(38)31-18(2)27-32-23-13-8-12-22(30)26(23)34-27/h3-5,8,10-13,17-18,20-21,24H,6-7,9,14-16H2,1-2H3,(H,31,38)(H,32,34)(H,33,37)/t17-,18-,20+,21-,24-/m0/s1. The molecule has 1 saturated heterocycles. The fraction of sp³-hybridized carbons (Fsp3) is 0.448. The number of carbonyl (C=O) groups excluding carboxylic acids is 3. The number of aromatic amines is 1. The molecular formula is C29H34FN5O3. The number of rotatable bonds is 8. The number of nitrogens with one attached hydrogen (secondary N) is 3. The second kappa shape index (κ2) is 10.9. The number of halogens is 1. The molecule has 1 aromatic heterocycles. The van der Waals surface area contributed by atoms with Crippen LogP contribution < -0.4 is 10.6 Å². The number of piperidine rings is 1. The van der Waals surface area contributed by atoms with E-state index >= 15 is 0 Å². The van der Waals surface area contributed by atoms with Crippen molar-refractivity contribution < 1.29 is 18.8 Å². The van der Waals surface area contributed by atoms with Gasteiger partial charge in [0, 0.05) is 18.5 Å². The molecule has 1 aliphatic carbocycles. The van der Waals surface area contributed by atoms with E-state index < -0.39 is 23.8 Å².